The molecule has 0 aromatic rings. The van der Waals surface area contributed by atoms with Gasteiger partial charge in [0.05, 0.1) is 27.6 Å². The fraction of sp³-hybridized carbons (Fsp3) is 0.818. The molecule has 0 bridgehead atoms. The first kappa shape index (κ1) is 15.5. The highest BCUT2D eigenvalue weighted by Gasteiger charge is 2.39. The standard InChI is InChI=1S/C11H21NO3S/c1-5-6-9(16)11(15,7-10(13)14)8-12(2,3)4/h15H,5-8H2,1-4H3/p+1/t11-/m1/s1. The molecule has 0 aliphatic rings. The number of hydrogen-bond acceptors (Lipinski definition) is 3. The van der Waals surface area contributed by atoms with E-state index in [0.717, 1.165) is 6.42 Å². The van der Waals surface area contributed by atoms with Crippen molar-refractivity contribution in [2.45, 2.75) is 31.8 Å². The van der Waals surface area contributed by atoms with E-state index in [4.69, 9.17) is 17.3 Å². The molecular formula is C11H22NO3S+. The number of aliphatic hydroxyl groups is 1. The zero-order chi connectivity index (χ0) is 13.0. The van der Waals surface area contributed by atoms with E-state index in [0.29, 0.717) is 22.3 Å². The third-order valence-corrected chi connectivity index (χ3v) is 2.76. The van der Waals surface area contributed by atoms with Crippen LogP contribution >= 0.6 is 12.2 Å². The van der Waals surface area contributed by atoms with E-state index >= 15 is 0 Å². The Hall–Kier alpha value is -0.520. The second-order valence-corrected chi connectivity index (χ2v) is 5.72. The third-order valence-electron chi connectivity index (χ3n) is 2.18. The molecule has 94 valence electrons. The van der Waals surface area contributed by atoms with E-state index in [1.54, 1.807) is 0 Å². The first-order valence-corrected chi connectivity index (χ1v) is 5.79. The lowest BCUT2D eigenvalue weighted by Gasteiger charge is -2.35. The normalized spacial score (nSPS) is 15.6. The van der Waals surface area contributed by atoms with Gasteiger partial charge in [0.1, 0.15) is 6.54 Å². The topological polar surface area (TPSA) is 57.5 Å². The zero-order valence-corrected chi connectivity index (χ0v) is 11.3. The predicted octanol–water partition coefficient (Wildman–Crippen LogP) is 1.07. The van der Waals surface area contributed by atoms with Crippen LogP contribution in [0.2, 0.25) is 0 Å². The van der Waals surface area contributed by atoms with Crippen LogP contribution < -0.4 is 0 Å². The number of carboxylic acid groups (broad SMARTS) is 1. The molecule has 0 spiro atoms. The molecule has 0 fully saturated rings. The molecule has 0 aromatic heterocycles. The summed E-state index contributed by atoms with van der Waals surface area (Å²) in [6, 6.07) is 0. The van der Waals surface area contributed by atoms with Crippen LogP contribution in [0.15, 0.2) is 0 Å². The van der Waals surface area contributed by atoms with E-state index in [1.807, 2.05) is 28.1 Å². The lowest BCUT2D eigenvalue weighted by atomic mass is 9.91. The molecule has 0 saturated carbocycles. The lowest BCUT2D eigenvalue weighted by Crippen LogP contribution is -2.54. The van der Waals surface area contributed by atoms with Gasteiger partial charge in [-0.3, -0.25) is 4.79 Å². The Kier molecular flexibility index (Phi) is 5.52. The lowest BCUT2D eigenvalue weighted by molar-refractivity contribution is -0.875. The van der Waals surface area contributed by atoms with Crippen molar-refractivity contribution in [3.63, 3.8) is 0 Å². The maximum Gasteiger partial charge on any atom is 0.306 e. The van der Waals surface area contributed by atoms with E-state index < -0.39 is 11.6 Å². The number of thiocarbonyl (C=S) groups is 1. The van der Waals surface area contributed by atoms with Crippen molar-refractivity contribution < 1.29 is 19.5 Å². The molecule has 0 rings (SSSR count). The van der Waals surface area contributed by atoms with Crippen molar-refractivity contribution in [1.29, 1.82) is 0 Å². The van der Waals surface area contributed by atoms with Gasteiger partial charge in [-0.25, -0.2) is 0 Å². The number of quaternary nitrogens is 1. The minimum absolute atomic E-state index is 0.318. The number of nitrogens with zero attached hydrogens (tertiary/aromatic N) is 1. The maximum atomic E-state index is 10.8. The van der Waals surface area contributed by atoms with Crippen LogP contribution in [0, 0.1) is 0 Å². The van der Waals surface area contributed by atoms with Crippen LogP contribution in [0.1, 0.15) is 26.2 Å². The number of rotatable bonds is 7. The van der Waals surface area contributed by atoms with Crippen LogP contribution in [0.25, 0.3) is 0 Å². The zero-order valence-electron chi connectivity index (χ0n) is 10.5. The average molecular weight is 248 g/mol. The van der Waals surface area contributed by atoms with Crippen LogP contribution in [-0.2, 0) is 4.79 Å². The molecule has 16 heavy (non-hydrogen) atoms. The smallest absolute Gasteiger partial charge is 0.306 e. The summed E-state index contributed by atoms with van der Waals surface area (Å²) in [5.74, 6) is -1.02. The molecule has 0 aliphatic heterocycles. The molecular weight excluding hydrogens is 226 g/mol. The molecule has 0 saturated heterocycles. The van der Waals surface area contributed by atoms with Gasteiger partial charge >= 0.3 is 5.97 Å². The molecule has 0 aliphatic carbocycles. The second kappa shape index (κ2) is 5.70. The molecule has 0 amide bonds. The predicted molar refractivity (Wildman–Crippen MR) is 67.6 cm³/mol. The third kappa shape index (κ3) is 5.53. The van der Waals surface area contributed by atoms with E-state index in [2.05, 4.69) is 0 Å². The summed E-state index contributed by atoms with van der Waals surface area (Å²) in [5, 5.41) is 19.2. The van der Waals surface area contributed by atoms with Gasteiger partial charge in [0.15, 0.2) is 5.60 Å². The molecule has 5 heteroatoms. The second-order valence-electron chi connectivity index (χ2n) is 5.22. The molecule has 2 N–H and O–H groups in total. The minimum atomic E-state index is -1.38. The van der Waals surface area contributed by atoms with Crippen molar-refractivity contribution in [3.05, 3.63) is 0 Å². The molecule has 0 heterocycles. The largest absolute Gasteiger partial charge is 0.481 e. The van der Waals surface area contributed by atoms with Gasteiger partial charge in [-0.2, -0.15) is 0 Å². The first-order chi connectivity index (χ1) is 7.10. The van der Waals surface area contributed by atoms with Crippen molar-refractivity contribution in [2.75, 3.05) is 27.7 Å². The fourth-order valence-electron chi connectivity index (χ4n) is 1.74. The number of carboxylic acids is 1. The van der Waals surface area contributed by atoms with Gasteiger partial charge in [-0.05, 0) is 6.42 Å². The summed E-state index contributed by atoms with van der Waals surface area (Å²) in [5.41, 5.74) is -1.38. The summed E-state index contributed by atoms with van der Waals surface area (Å²) in [7, 11) is 5.71. The summed E-state index contributed by atoms with van der Waals surface area (Å²) >= 11 is 5.15. The summed E-state index contributed by atoms with van der Waals surface area (Å²) in [4.78, 5) is 11.2. The average Bonchev–Trinajstić information content (AvgIpc) is 1.98. The van der Waals surface area contributed by atoms with Gasteiger partial charge in [-0.1, -0.05) is 25.6 Å². The van der Waals surface area contributed by atoms with Crippen molar-refractivity contribution in [1.82, 2.24) is 0 Å². The molecule has 0 unspecified atom stereocenters. The fourth-order valence-corrected chi connectivity index (χ4v) is 2.08. The summed E-state index contributed by atoms with van der Waals surface area (Å²) < 4.78 is 0.480. The maximum absolute atomic E-state index is 10.8. The van der Waals surface area contributed by atoms with E-state index in [9.17, 15) is 9.90 Å². The Labute approximate surface area is 102 Å². The number of aliphatic carboxylic acids is 1. The van der Waals surface area contributed by atoms with Crippen LogP contribution in [-0.4, -0.2) is 58.8 Å². The summed E-state index contributed by atoms with van der Waals surface area (Å²) in [6.45, 7) is 2.28. The molecule has 0 aromatic carbocycles. The molecule has 1 atom stereocenters. The number of carbonyl (C=O) groups is 1. The van der Waals surface area contributed by atoms with Gasteiger partial charge in [-0.15, -0.1) is 0 Å². The Balaban J connectivity index is 4.87. The van der Waals surface area contributed by atoms with Crippen molar-refractivity contribution in [2.24, 2.45) is 0 Å². The Morgan fingerprint density at radius 2 is 1.88 bits per heavy atom. The highest BCUT2D eigenvalue weighted by molar-refractivity contribution is 7.80. The quantitative estimate of drug-likeness (QED) is 0.523. The Bertz CT molecular complexity index is 273. The van der Waals surface area contributed by atoms with Crippen LogP contribution in [0.5, 0.6) is 0 Å². The monoisotopic (exact) mass is 248 g/mol. The van der Waals surface area contributed by atoms with Crippen LogP contribution in [0.3, 0.4) is 0 Å². The van der Waals surface area contributed by atoms with Gasteiger partial charge in [0, 0.05) is 4.86 Å². The highest BCUT2D eigenvalue weighted by atomic mass is 32.1. The van der Waals surface area contributed by atoms with Crippen LogP contribution in [0.4, 0.5) is 0 Å². The molecule has 4 nitrogen and oxygen atoms in total. The first-order valence-electron chi connectivity index (χ1n) is 5.38. The van der Waals surface area contributed by atoms with E-state index in [1.165, 1.54) is 0 Å². The number of likely N-dealkylation sites (N-methyl/N-ethyl adjacent to an activating group) is 1. The number of hydrogen-bond donors (Lipinski definition) is 2. The highest BCUT2D eigenvalue weighted by Crippen LogP contribution is 2.20. The summed E-state index contributed by atoms with van der Waals surface area (Å²) in [6.07, 6.45) is 1.08. The van der Waals surface area contributed by atoms with Crippen molar-refractivity contribution in [3.8, 4) is 0 Å². The minimum Gasteiger partial charge on any atom is -0.481 e. The van der Waals surface area contributed by atoms with Gasteiger partial charge in [0.2, 0.25) is 0 Å². The Morgan fingerprint density at radius 1 is 1.38 bits per heavy atom. The van der Waals surface area contributed by atoms with E-state index in [-0.39, 0.29) is 6.42 Å². The van der Waals surface area contributed by atoms with Crippen molar-refractivity contribution >= 4 is 23.1 Å². The molecule has 0 radical (unpaired) electrons. The van der Waals surface area contributed by atoms with Gasteiger partial charge in [0.25, 0.3) is 0 Å². The Morgan fingerprint density at radius 3 is 2.19 bits per heavy atom. The SMILES string of the molecule is CCCC(=S)[C@@](O)(CC(=O)O)C[N+](C)(C)C. The van der Waals surface area contributed by atoms with Gasteiger partial charge < -0.3 is 14.7 Å².